The molecule has 0 saturated carbocycles. The Kier molecular flexibility index (Phi) is 4.73. The van der Waals surface area contributed by atoms with Crippen molar-refractivity contribution in [3.63, 3.8) is 0 Å². The molecule has 0 saturated heterocycles. The maximum absolute atomic E-state index is 5.44. The van der Waals surface area contributed by atoms with Gasteiger partial charge in [-0.15, -0.1) is 5.10 Å². The molecule has 0 aliphatic carbocycles. The van der Waals surface area contributed by atoms with Crippen molar-refractivity contribution < 1.29 is 13.6 Å². The Bertz CT molecular complexity index is 345. The lowest BCUT2D eigenvalue weighted by atomic mass is 10.5. The zero-order valence-corrected chi connectivity index (χ0v) is 10.7. The molecule has 1 rings (SSSR count). The predicted molar refractivity (Wildman–Crippen MR) is 61.5 cm³/mol. The minimum atomic E-state index is -2.68. The minimum Gasteiger partial charge on any atom is -0.404 e. The van der Waals surface area contributed by atoms with E-state index in [4.69, 9.17) is 25.4 Å². The van der Waals surface area contributed by atoms with Gasteiger partial charge in [0.1, 0.15) is 0 Å². The number of H-pyrrole nitrogens is 1. The predicted octanol–water partition coefficient (Wildman–Crippen LogP) is 2.39. The van der Waals surface area contributed by atoms with Crippen molar-refractivity contribution in [3.8, 4) is 5.88 Å². The molecular formula is C8H15N2O3PS. The summed E-state index contributed by atoms with van der Waals surface area (Å²) < 4.78 is 16.1. The maximum Gasteiger partial charge on any atom is 0.381 e. The van der Waals surface area contributed by atoms with Gasteiger partial charge in [-0.3, -0.25) is 14.1 Å². The third kappa shape index (κ3) is 3.91. The Morgan fingerprint density at radius 3 is 2.40 bits per heavy atom. The molecule has 1 N–H and O–H groups in total. The summed E-state index contributed by atoms with van der Waals surface area (Å²) in [5.74, 6) is 0.415. The van der Waals surface area contributed by atoms with Crippen LogP contribution in [0.25, 0.3) is 0 Å². The molecule has 0 amide bonds. The highest BCUT2D eigenvalue weighted by Crippen LogP contribution is 2.49. The summed E-state index contributed by atoms with van der Waals surface area (Å²) >= 11 is 5.18. The van der Waals surface area contributed by atoms with Crippen LogP contribution >= 0.6 is 6.72 Å². The highest BCUT2D eigenvalue weighted by Gasteiger charge is 2.22. The average molecular weight is 250 g/mol. The molecule has 15 heavy (non-hydrogen) atoms. The number of aromatic amines is 1. The maximum atomic E-state index is 5.44. The van der Waals surface area contributed by atoms with E-state index in [2.05, 4.69) is 10.2 Å². The number of nitrogens with zero attached hydrogens (tertiary/aromatic N) is 1. The van der Waals surface area contributed by atoms with Crippen LogP contribution in [-0.4, -0.2) is 23.4 Å². The summed E-state index contributed by atoms with van der Waals surface area (Å²) in [6, 6.07) is 1.75. The molecule has 0 unspecified atom stereocenters. The molecule has 5 nitrogen and oxygen atoms in total. The van der Waals surface area contributed by atoms with Crippen LogP contribution in [0.1, 0.15) is 19.5 Å². The SMILES string of the molecule is CCOP(=S)(OCC)Oc1cc(C)[nH]n1. The molecule has 0 aromatic carbocycles. The van der Waals surface area contributed by atoms with Gasteiger partial charge < -0.3 is 4.52 Å². The Balaban J connectivity index is 2.70. The number of rotatable bonds is 6. The van der Waals surface area contributed by atoms with Crippen LogP contribution in [0, 0.1) is 6.92 Å². The Labute approximate surface area is 94.4 Å². The second-order valence-electron chi connectivity index (χ2n) is 2.76. The summed E-state index contributed by atoms with van der Waals surface area (Å²) in [7, 11) is 0. The Morgan fingerprint density at radius 2 is 2.00 bits per heavy atom. The van der Waals surface area contributed by atoms with Gasteiger partial charge in [0.2, 0.25) is 5.88 Å². The molecule has 0 radical (unpaired) electrons. The van der Waals surface area contributed by atoms with Gasteiger partial charge in [0, 0.05) is 23.6 Å². The van der Waals surface area contributed by atoms with E-state index < -0.39 is 6.72 Å². The molecule has 0 aliphatic heterocycles. The van der Waals surface area contributed by atoms with E-state index in [-0.39, 0.29) is 0 Å². The Morgan fingerprint density at radius 1 is 1.40 bits per heavy atom. The van der Waals surface area contributed by atoms with Crippen LogP contribution in [0.2, 0.25) is 0 Å². The van der Waals surface area contributed by atoms with Crippen LogP contribution in [0.5, 0.6) is 5.88 Å². The van der Waals surface area contributed by atoms with Gasteiger partial charge in [0.15, 0.2) is 0 Å². The van der Waals surface area contributed by atoms with Gasteiger partial charge in [-0.1, -0.05) is 0 Å². The van der Waals surface area contributed by atoms with Gasteiger partial charge in [0.25, 0.3) is 0 Å². The second-order valence-corrected chi connectivity index (χ2v) is 5.70. The highest BCUT2D eigenvalue weighted by atomic mass is 32.5. The third-order valence-electron chi connectivity index (χ3n) is 1.46. The Hall–Kier alpha value is -0.420. The molecule has 0 spiro atoms. The third-order valence-corrected chi connectivity index (χ3v) is 3.88. The van der Waals surface area contributed by atoms with Gasteiger partial charge in [-0.2, -0.15) is 0 Å². The fourth-order valence-electron chi connectivity index (χ4n) is 0.961. The van der Waals surface area contributed by atoms with Gasteiger partial charge in [0.05, 0.1) is 13.2 Å². The molecular weight excluding hydrogens is 235 g/mol. The monoisotopic (exact) mass is 250 g/mol. The van der Waals surface area contributed by atoms with E-state index in [1.807, 2.05) is 20.8 Å². The van der Waals surface area contributed by atoms with Crippen LogP contribution in [0.3, 0.4) is 0 Å². The van der Waals surface area contributed by atoms with Gasteiger partial charge in [-0.05, 0) is 20.8 Å². The van der Waals surface area contributed by atoms with Crippen molar-refractivity contribution in [2.24, 2.45) is 0 Å². The van der Waals surface area contributed by atoms with E-state index in [1.54, 1.807) is 6.07 Å². The molecule has 1 aromatic heterocycles. The van der Waals surface area contributed by atoms with Crippen molar-refractivity contribution in [2.75, 3.05) is 13.2 Å². The van der Waals surface area contributed by atoms with Crippen LogP contribution in [0.4, 0.5) is 0 Å². The summed E-state index contributed by atoms with van der Waals surface area (Å²) in [5.41, 5.74) is 0.902. The molecule has 7 heteroatoms. The van der Waals surface area contributed by atoms with E-state index >= 15 is 0 Å². The fourth-order valence-corrected chi connectivity index (χ4v) is 2.96. The minimum absolute atomic E-state index is 0.415. The zero-order valence-electron chi connectivity index (χ0n) is 9.02. The lowest BCUT2D eigenvalue weighted by molar-refractivity contribution is 0.216. The first-order valence-electron chi connectivity index (χ1n) is 4.70. The van der Waals surface area contributed by atoms with Crippen molar-refractivity contribution in [3.05, 3.63) is 11.8 Å². The quantitative estimate of drug-likeness (QED) is 0.786. The number of hydrogen-bond acceptors (Lipinski definition) is 5. The molecule has 86 valence electrons. The molecule has 0 fully saturated rings. The number of aromatic nitrogens is 2. The highest BCUT2D eigenvalue weighted by molar-refractivity contribution is 8.07. The standard InChI is InChI=1S/C8H15N2O3PS/c1-4-11-14(15,12-5-2)13-8-6-7(3)9-10-8/h6H,4-5H2,1-3H3,(H,9,10). The second kappa shape index (κ2) is 5.61. The van der Waals surface area contributed by atoms with Crippen molar-refractivity contribution in [2.45, 2.75) is 20.8 Å². The summed E-state index contributed by atoms with van der Waals surface area (Å²) in [5, 5.41) is 6.68. The molecule has 1 aromatic rings. The van der Waals surface area contributed by atoms with E-state index in [1.165, 1.54) is 0 Å². The molecule has 0 aliphatic rings. The van der Waals surface area contributed by atoms with E-state index in [9.17, 15) is 0 Å². The van der Waals surface area contributed by atoms with Crippen molar-refractivity contribution in [1.29, 1.82) is 0 Å². The summed E-state index contributed by atoms with van der Waals surface area (Å²) in [6.07, 6.45) is 0. The van der Waals surface area contributed by atoms with Crippen LogP contribution in [0.15, 0.2) is 6.07 Å². The lowest BCUT2D eigenvalue weighted by Crippen LogP contribution is -2.02. The summed E-state index contributed by atoms with van der Waals surface area (Å²) in [6.45, 7) is 3.81. The lowest BCUT2D eigenvalue weighted by Gasteiger charge is -2.19. The molecule has 0 atom stereocenters. The summed E-state index contributed by atoms with van der Waals surface area (Å²) in [4.78, 5) is 0. The van der Waals surface area contributed by atoms with Crippen LogP contribution in [-0.2, 0) is 20.9 Å². The first-order chi connectivity index (χ1) is 7.09. The molecule has 0 bridgehead atoms. The van der Waals surface area contributed by atoms with Gasteiger partial charge >= 0.3 is 6.72 Å². The zero-order chi connectivity index (χ0) is 11.3. The number of nitrogens with one attached hydrogen (secondary N) is 1. The van der Waals surface area contributed by atoms with Crippen molar-refractivity contribution >= 4 is 18.5 Å². The van der Waals surface area contributed by atoms with Gasteiger partial charge in [-0.25, -0.2) is 0 Å². The van der Waals surface area contributed by atoms with Crippen molar-refractivity contribution in [1.82, 2.24) is 10.2 Å². The largest absolute Gasteiger partial charge is 0.404 e. The fraction of sp³-hybridized carbons (Fsp3) is 0.625. The normalized spacial score (nSPS) is 11.7. The van der Waals surface area contributed by atoms with E-state index in [0.717, 1.165) is 5.69 Å². The first kappa shape index (κ1) is 12.6. The van der Waals surface area contributed by atoms with Crippen LogP contribution < -0.4 is 4.52 Å². The smallest absolute Gasteiger partial charge is 0.381 e. The number of hydrogen-bond donors (Lipinski definition) is 1. The first-order valence-corrected chi connectivity index (χ1v) is 7.26. The number of aryl methyl sites for hydroxylation is 1. The average Bonchev–Trinajstić information content (AvgIpc) is 2.51. The topological polar surface area (TPSA) is 56.4 Å². The van der Waals surface area contributed by atoms with E-state index in [0.29, 0.717) is 19.1 Å². The molecule has 1 heterocycles.